The van der Waals surface area contributed by atoms with Gasteiger partial charge in [0.2, 0.25) is 0 Å². The van der Waals surface area contributed by atoms with Crippen LogP contribution in [0, 0.1) is 0 Å². The summed E-state index contributed by atoms with van der Waals surface area (Å²) in [5.41, 5.74) is 7.42. The lowest BCUT2D eigenvalue weighted by molar-refractivity contribution is 0.0631. The summed E-state index contributed by atoms with van der Waals surface area (Å²) in [6, 6.07) is 8.29. The summed E-state index contributed by atoms with van der Waals surface area (Å²) in [6.45, 7) is 8.84. The molecular formula is C17H27N3O. The Balaban J connectivity index is 1.93. The molecule has 1 aliphatic rings. The fourth-order valence-corrected chi connectivity index (χ4v) is 3.14. The Morgan fingerprint density at radius 1 is 1.19 bits per heavy atom. The number of hydrogen-bond acceptors (Lipinski definition) is 3. The van der Waals surface area contributed by atoms with Gasteiger partial charge in [-0.25, -0.2) is 0 Å². The third-order valence-corrected chi connectivity index (χ3v) is 4.52. The highest BCUT2D eigenvalue weighted by Crippen LogP contribution is 2.18. The lowest BCUT2D eigenvalue weighted by Gasteiger charge is -2.37. The van der Waals surface area contributed by atoms with Crippen LogP contribution in [0.15, 0.2) is 24.3 Å². The SMILES string of the molecule is CCN(CC)C1CCN(C(=O)c2ccc(CN)cc2)CC1. The molecule has 0 unspecified atom stereocenters. The fourth-order valence-electron chi connectivity index (χ4n) is 3.14. The first kappa shape index (κ1) is 16.0. The van der Waals surface area contributed by atoms with Crippen LogP contribution in [0.5, 0.6) is 0 Å². The summed E-state index contributed by atoms with van der Waals surface area (Å²) in [4.78, 5) is 17.0. The molecule has 1 aromatic carbocycles. The van der Waals surface area contributed by atoms with Crippen molar-refractivity contribution in [2.45, 2.75) is 39.3 Å². The summed E-state index contributed by atoms with van der Waals surface area (Å²) in [7, 11) is 0. The normalized spacial score (nSPS) is 16.5. The molecule has 1 amide bonds. The Morgan fingerprint density at radius 3 is 2.24 bits per heavy atom. The summed E-state index contributed by atoms with van der Waals surface area (Å²) in [5, 5.41) is 0. The van der Waals surface area contributed by atoms with Crippen LogP contribution < -0.4 is 5.73 Å². The minimum absolute atomic E-state index is 0.150. The molecule has 0 aliphatic carbocycles. The van der Waals surface area contributed by atoms with Crippen molar-refractivity contribution in [1.82, 2.24) is 9.80 Å². The molecule has 1 aliphatic heterocycles. The molecule has 0 aromatic heterocycles. The maximum atomic E-state index is 12.5. The zero-order valence-corrected chi connectivity index (χ0v) is 13.2. The van der Waals surface area contributed by atoms with E-state index in [1.165, 1.54) is 0 Å². The molecular weight excluding hydrogens is 262 g/mol. The highest BCUT2D eigenvalue weighted by Gasteiger charge is 2.25. The molecule has 4 nitrogen and oxygen atoms in total. The second-order valence-electron chi connectivity index (χ2n) is 5.65. The third kappa shape index (κ3) is 3.83. The van der Waals surface area contributed by atoms with Crippen molar-refractivity contribution in [3.05, 3.63) is 35.4 Å². The predicted molar refractivity (Wildman–Crippen MR) is 86.2 cm³/mol. The molecule has 0 bridgehead atoms. The van der Waals surface area contributed by atoms with E-state index in [0.29, 0.717) is 12.6 Å². The van der Waals surface area contributed by atoms with Crippen molar-refractivity contribution in [3.63, 3.8) is 0 Å². The van der Waals surface area contributed by atoms with Crippen LogP contribution in [0.1, 0.15) is 42.6 Å². The number of rotatable bonds is 5. The Morgan fingerprint density at radius 2 is 1.76 bits per heavy atom. The minimum atomic E-state index is 0.150. The van der Waals surface area contributed by atoms with Crippen molar-refractivity contribution in [2.75, 3.05) is 26.2 Å². The van der Waals surface area contributed by atoms with Crippen LogP contribution >= 0.6 is 0 Å². The van der Waals surface area contributed by atoms with Crippen LogP contribution in [0.3, 0.4) is 0 Å². The number of likely N-dealkylation sites (tertiary alicyclic amines) is 1. The summed E-state index contributed by atoms with van der Waals surface area (Å²) < 4.78 is 0. The first-order chi connectivity index (χ1) is 10.2. The summed E-state index contributed by atoms with van der Waals surface area (Å²) in [5.74, 6) is 0.150. The summed E-state index contributed by atoms with van der Waals surface area (Å²) >= 11 is 0. The van der Waals surface area contributed by atoms with Crippen molar-refractivity contribution in [2.24, 2.45) is 5.73 Å². The molecule has 116 valence electrons. The van der Waals surface area contributed by atoms with Crippen LogP contribution in [-0.4, -0.2) is 47.9 Å². The third-order valence-electron chi connectivity index (χ3n) is 4.52. The van der Waals surface area contributed by atoms with Crippen molar-refractivity contribution in [3.8, 4) is 0 Å². The number of amides is 1. The fraction of sp³-hybridized carbons (Fsp3) is 0.588. The molecule has 1 saturated heterocycles. The van der Waals surface area contributed by atoms with Crippen LogP contribution in [0.25, 0.3) is 0 Å². The molecule has 0 saturated carbocycles. The smallest absolute Gasteiger partial charge is 0.253 e. The zero-order chi connectivity index (χ0) is 15.2. The van der Waals surface area contributed by atoms with E-state index in [-0.39, 0.29) is 5.91 Å². The van der Waals surface area contributed by atoms with Crippen molar-refractivity contribution >= 4 is 5.91 Å². The van der Waals surface area contributed by atoms with E-state index < -0.39 is 0 Å². The number of benzene rings is 1. The molecule has 2 rings (SSSR count). The largest absolute Gasteiger partial charge is 0.339 e. The standard InChI is InChI=1S/C17H27N3O/c1-3-19(4-2)16-9-11-20(12-10-16)17(21)15-7-5-14(13-18)6-8-15/h5-8,16H,3-4,9-13,18H2,1-2H3. The Bertz CT molecular complexity index is 446. The number of carbonyl (C=O) groups is 1. The molecule has 0 atom stereocenters. The van der Waals surface area contributed by atoms with E-state index in [0.717, 1.165) is 50.1 Å². The van der Waals surface area contributed by atoms with E-state index >= 15 is 0 Å². The second-order valence-corrected chi connectivity index (χ2v) is 5.65. The number of piperidine rings is 1. The summed E-state index contributed by atoms with van der Waals surface area (Å²) in [6.07, 6.45) is 2.16. The van der Waals surface area contributed by atoms with E-state index in [1.54, 1.807) is 0 Å². The second kappa shape index (κ2) is 7.57. The van der Waals surface area contributed by atoms with Gasteiger partial charge < -0.3 is 15.5 Å². The number of carbonyl (C=O) groups excluding carboxylic acids is 1. The van der Waals surface area contributed by atoms with E-state index in [9.17, 15) is 4.79 Å². The molecule has 1 heterocycles. The van der Waals surface area contributed by atoms with Crippen molar-refractivity contribution in [1.29, 1.82) is 0 Å². The van der Waals surface area contributed by atoms with E-state index in [2.05, 4.69) is 18.7 Å². The lowest BCUT2D eigenvalue weighted by atomic mass is 10.0. The first-order valence-corrected chi connectivity index (χ1v) is 8.01. The van der Waals surface area contributed by atoms with E-state index in [4.69, 9.17) is 5.73 Å². The van der Waals surface area contributed by atoms with Gasteiger partial charge in [0.15, 0.2) is 0 Å². The predicted octanol–water partition coefficient (Wildman–Crippen LogP) is 2.09. The molecule has 1 fully saturated rings. The van der Waals surface area contributed by atoms with Gasteiger partial charge in [0, 0.05) is 31.2 Å². The molecule has 21 heavy (non-hydrogen) atoms. The Hall–Kier alpha value is -1.39. The van der Waals surface area contributed by atoms with Gasteiger partial charge in [-0.15, -0.1) is 0 Å². The number of hydrogen-bond donors (Lipinski definition) is 1. The van der Waals surface area contributed by atoms with Crippen LogP contribution in [-0.2, 0) is 6.54 Å². The minimum Gasteiger partial charge on any atom is -0.339 e. The molecule has 0 spiro atoms. The quantitative estimate of drug-likeness (QED) is 0.903. The van der Waals surface area contributed by atoms with Crippen molar-refractivity contribution < 1.29 is 4.79 Å². The van der Waals surface area contributed by atoms with Gasteiger partial charge >= 0.3 is 0 Å². The van der Waals surface area contributed by atoms with Crippen LogP contribution in [0.2, 0.25) is 0 Å². The average molecular weight is 289 g/mol. The maximum Gasteiger partial charge on any atom is 0.253 e. The highest BCUT2D eigenvalue weighted by atomic mass is 16.2. The highest BCUT2D eigenvalue weighted by molar-refractivity contribution is 5.94. The maximum absolute atomic E-state index is 12.5. The zero-order valence-electron chi connectivity index (χ0n) is 13.2. The van der Waals surface area contributed by atoms with E-state index in [1.807, 2.05) is 29.2 Å². The number of nitrogens with two attached hydrogens (primary N) is 1. The topological polar surface area (TPSA) is 49.6 Å². The monoisotopic (exact) mass is 289 g/mol. The molecule has 1 aromatic rings. The number of nitrogens with zero attached hydrogens (tertiary/aromatic N) is 2. The Kier molecular flexibility index (Phi) is 5.76. The van der Waals surface area contributed by atoms with Gasteiger partial charge in [-0.1, -0.05) is 26.0 Å². The van der Waals surface area contributed by atoms with Crippen LogP contribution in [0.4, 0.5) is 0 Å². The Labute approximate surface area is 127 Å². The molecule has 4 heteroatoms. The van der Waals surface area contributed by atoms with Gasteiger partial charge in [-0.3, -0.25) is 4.79 Å². The molecule has 2 N–H and O–H groups in total. The van der Waals surface area contributed by atoms with Gasteiger partial charge in [0.05, 0.1) is 0 Å². The first-order valence-electron chi connectivity index (χ1n) is 8.01. The molecule has 0 radical (unpaired) electrons. The average Bonchev–Trinajstić information content (AvgIpc) is 2.56. The van der Waals surface area contributed by atoms with Gasteiger partial charge in [0.1, 0.15) is 0 Å². The van der Waals surface area contributed by atoms with Gasteiger partial charge in [-0.05, 0) is 43.6 Å². The van der Waals surface area contributed by atoms with Gasteiger partial charge in [0.25, 0.3) is 5.91 Å². The lowest BCUT2D eigenvalue weighted by Crippen LogP contribution is -2.46. The van der Waals surface area contributed by atoms with Gasteiger partial charge in [-0.2, -0.15) is 0 Å².